The van der Waals surface area contributed by atoms with Crippen molar-refractivity contribution in [1.82, 2.24) is 10.2 Å². The molecule has 3 atom stereocenters. The summed E-state index contributed by atoms with van der Waals surface area (Å²) < 4.78 is 6.84. The number of amides is 2. The molecule has 1 aromatic carbocycles. The van der Waals surface area contributed by atoms with E-state index in [0.717, 1.165) is 29.3 Å². The van der Waals surface area contributed by atoms with E-state index in [1.165, 1.54) is 13.3 Å². The van der Waals surface area contributed by atoms with E-state index in [9.17, 15) is 9.59 Å². The summed E-state index contributed by atoms with van der Waals surface area (Å²) in [4.78, 5) is 26.6. The van der Waals surface area contributed by atoms with E-state index in [2.05, 4.69) is 21.2 Å². The van der Waals surface area contributed by atoms with Crippen molar-refractivity contribution in [2.24, 2.45) is 0 Å². The fourth-order valence-corrected chi connectivity index (χ4v) is 4.15. The fourth-order valence-electron chi connectivity index (χ4n) is 3.89. The Hall–Kier alpha value is -1.40. The average molecular weight is 409 g/mol. The normalized spacial score (nSPS) is 24.3. The predicted molar refractivity (Wildman–Crippen MR) is 99.0 cm³/mol. The molecule has 3 rings (SSSR count). The van der Waals surface area contributed by atoms with Crippen LogP contribution in [0.1, 0.15) is 50.6 Å². The number of hydrogen-bond acceptors (Lipinski definition) is 3. The highest BCUT2D eigenvalue weighted by Gasteiger charge is 2.37. The zero-order valence-electron chi connectivity index (χ0n) is 14.5. The Balaban J connectivity index is 1.72. The standard InChI is InChI=1S/C19H25BrN2O3/c1-13(23)21-16(14-6-8-15(20)9-7-14)12-19(24)22-10-11-25-18-5-3-2-4-17(18)22/h6-9,16-18H,2-5,10-12H2,1H3,(H,21,23)/t16-,17-,18+/m1/s1. The molecular formula is C19H25BrN2O3. The van der Waals surface area contributed by atoms with Crippen LogP contribution in [0.2, 0.25) is 0 Å². The molecule has 1 aliphatic carbocycles. The average Bonchev–Trinajstić information content (AvgIpc) is 2.61. The quantitative estimate of drug-likeness (QED) is 0.831. The second-order valence-corrected chi connectivity index (χ2v) is 7.77. The van der Waals surface area contributed by atoms with Crippen LogP contribution in [0.3, 0.4) is 0 Å². The molecule has 0 radical (unpaired) electrons. The second-order valence-electron chi connectivity index (χ2n) is 6.86. The van der Waals surface area contributed by atoms with Crippen LogP contribution in [0.15, 0.2) is 28.7 Å². The molecule has 0 unspecified atom stereocenters. The van der Waals surface area contributed by atoms with Crippen molar-refractivity contribution in [2.45, 2.75) is 57.2 Å². The van der Waals surface area contributed by atoms with Gasteiger partial charge in [0.25, 0.3) is 0 Å². The number of ether oxygens (including phenoxy) is 1. The van der Waals surface area contributed by atoms with Gasteiger partial charge in [-0.15, -0.1) is 0 Å². The number of hydrogen-bond donors (Lipinski definition) is 1. The Bertz CT molecular complexity index is 618. The molecule has 0 bridgehead atoms. The Morgan fingerprint density at radius 3 is 2.72 bits per heavy atom. The third kappa shape index (κ3) is 4.61. The molecular weight excluding hydrogens is 384 g/mol. The fraction of sp³-hybridized carbons (Fsp3) is 0.579. The molecule has 2 amide bonds. The molecule has 1 saturated heterocycles. The maximum atomic E-state index is 13.0. The van der Waals surface area contributed by atoms with E-state index in [1.807, 2.05) is 29.2 Å². The highest BCUT2D eigenvalue weighted by molar-refractivity contribution is 9.10. The second kappa shape index (κ2) is 8.32. The first kappa shape index (κ1) is 18.4. The van der Waals surface area contributed by atoms with Crippen LogP contribution in [0.25, 0.3) is 0 Å². The maximum Gasteiger partial charge on any atom is 0.225 e. The van der Waals surface area contributed by atoms with Crippen LogP contribution in [0, 0.1) is 0 Å². The summed E-state index contributed by atoms with van der Waals surface area (Å²) in [5.41, 5.74) is 0.945. The van der Waals surface area contributed by atoms with Crippen molar-refractivity contribution in [3.63, 3.8) is 0 Å². The van der Waals surface area contributed by atoms with Crippen LogP contribution < -0.4 is 5.32 Å². The summed E-state index contributed by atoms with van der Waals surface area (Å²) in [6.45, 7) is 2.74. The number of carbonyl (C=O) groups excluding carboxylic acids is 2. The molecule has 1 aliphatic heterocycles. The van der Waals surface area contributed by atoms with Crippen LogP contribution in [0.4, 0.5) is 0 Å². The lowest BCUT2D eigenvalue weighted by Crippen LogP contribution is -2.55. The Kier molecular flexibility index (Phi) is 6.12. The van der Waals surface area contributed by atoms with Crippen molar-refractivity contribution in [3.05, 3.63) is 34.3 Å². The summed E-state index contributed by atoms with van der Waals surface area (Å²) in [5.74, 6) is -0.0277. The van der Waals surface area contributed by atoms with Gasteiger partial charge in [0.15, 0.2) is 0 Å². The largest absolute Gasteiger partial charge is 0.374 e. The van der Waals surface area contributed by atoms with E-state index < -0.39 is 0 Å². The molecule has 1 N–H and O–H groups in total. The van der Waals surface area contributed by atoms with Gasteiger partial charge >= 0.3 is 0 Å². The molecule has 2 aliphatic rings. The van der Waals surface area contributed by atoms with E-state index >= 15 is 0 Å². The lowest BCUT2D eigenvalue weighted by molar-refractivity contribution is -0.150. The number of carbonyl (C=O) groups is 2. The van der Waals surface area contributed by atoms with Crippen molar-refractivity contribution in [1.29, 1.82) is 0 Å². The zero-order valence-corrected chi connectivity index (χ0v) is 16.1. The Morgan fingerprint density at radius 2 is 2.00 bits per heavy atom. The summed E-state index contributed by atoms with van der Waals surface area (Å²) in [7, 11) is 0. The predicted octanol–water partition coefficient (Wildman–Crippen LogP) is 3.19. The number of fused-ring (bicyclic) bond motifs is 1. The first-order chi connectivity index (χ1) is 12.0. The highest BCUT2D eigenvalue weighted by atomic mass is 79.9. The smallest absolute Gasteiger partial charge is 0.225 e. The van der Waals surface area contributed by atoms with E-state index in [4.69, 9.17) is 4.74 Å². The molecule has 5 nitrogen and oxygen atoms in total. The van der Waals surface area contributed by atoms with E-state index in [1.54, 1.807) is 0 Å². The van der Waals surface area contributed by atoms with Gasteiger partial charge in [0.05, 0.1) is 31.2 Å². The molecule has 1 heterocycles. The maximum absolute atomic E-state index is 13.0. The summed E-state index contributed by atoms with van der Waals surface area (Å²) in [6.07, 6.45) is 4.84. The summed E-state index contributed by atoms with van der Waals surface area (Å²) in [5, 5.41) is 2.92. The lowest BCUT2D eigenvalue weighted by atomic mass is 9.89. The van der Waals surface area contributed by atoms with Gasteiger partial charge in [-0.3, -0.25) is 9.59 Å². The molecule has 0 aromatic heterocycles. The molecule has 2 fully saturated rings. The number of nitrogens with zero attached hydrogens (tertiary/aromatic N) is 1. The molecule has 136 valence electrons. The van der Waals surface area contributed by atoms with Gasteiger partial charge in [-0.25, -0.2) is 0 Å². The van der Waals surface area contributed by atoms with Crippen molar-refractivity contribution in [2.75, 3.05) is 13.2 Å². The minimum absolute atomic E-state index is 0.0990. The molecule has 1 saturated carbocycles. The number of benzene rings is 1. The van der Waals surface area contributed by atoms with Crippen LogP contribution in [0.5, 0.6) is 0 Å². The van der Waals surface area contributed by atoms with Crippen LogP contribution >= 0.6 is 15.9 Å². The van der Waals surface area contributed by atoms with Crippen LogP contribution in [-0.4, -0.2) is 42.0 Å². The van der Waals surface area contributed by atoms with Gasteiger partial charge in [-0.2, -0.15) is 0 Å². The van der Waals surface area contributed by atoms with Crippen molar-refractivity contribution in [3.8, 4) is 0 Å². The minimum atomic E-state index is -0.303. The molecule has 25 heavy (non-hydrogen) atoms. The van der Waals surface area contributed by atoms with Gasteiger partial charge in [0, 0.05) is 17.9 Å². The SMILES string of the molecule is CC(=O)N[C@H](CC(=O)N1CCO[C@H]2CCCC[C@H]21)c1ccc(Br)cc1. The number of rotatable bonds is 4. The van der Waals surface area contributed by atoms with Gasteiger partial charge in [-0.05, 0) is 30.5 Å². The topological polar surface area (TPSA) is 58.6 Å². The summed E-state index contributed by atoms with van der Waals surface area (Å²) in [6, 6.07) is 7.64. The first-order valence-corrected chi connectivity index (χ1v) is 9.77. The minimum Gasteiger partial charge on any atom is -0.374 e. The third-order valence-corrected chi connectivity index (χ3v) is 5.61. The lowest BCUT2D eigenvalue weighted by Gasteiger charge is -2.44. The van der Waals surface area contributed by atoms with E-state index in [-0.39, 0.29) is 36.4 Å². The Morgan fingerprint density at radius 1 is 1.28 bits per heavy atom. The molecule has 6 heteroatoms. The zero-order chi connectivity index (χ0) is 17.8. The summed E-state index contributed by atoms with van der Waals surface area (Å²) >= 11 is 3.42. The number of morpholine rings is 1. The van der Waals surface area contributed by atoms with Crippen LogP contribution in [-0.2, 0) is 14.3 Å². The van der Waals surface area contributed by atoms with Gasteiger partial charge < -0.3 is 15.0 Å². The third-order valence-electron chi connectivity index (χ3n) is 5.08. The van der Waals surface area contributed by atoms with Gasteiger partial charge in [0.2, 0.25) is 11.8 Å². The van der Waals surface area contributed by atoms with Gasteiger partial charge in [0.1, 0.15) is 0 Å². The molecule has 0 spiro atoms. The van der Waals surface area contributed by atoms with Crippen molar-refractivity contribution >= 4 is 27.7 Å². The molecule has 1 aromatic rings. The Labute approximate surface area is 157 Å². The number of nitrogens with one attached hydrogen (secondary N) is 1. The number of halogens is 1. The highest BCUT2D eigenvalue weighted by Crippen LogP contribution is 2.30. The van der Waals surface area contributed by atoms with Crippen molar-refractivity contribution < 1.29 is 14.3 Å². The van der Waals surface area contributed by atoms with Gasteiger partial charge in [-0.1, -0.05) is 40.9 Å². The monoisotopic (exact) mass is 408 g/mol. The first-order valence-electron chi connectivity index (χ1n) is 8.98. The van der Waals surface area contributed by atoms with E-state index in [0.29, 0.717) is 13.2 Å².